The third-order valence-electron chi connectivity index (χ3n) is 2.73. The fourth-order valence-electron chi connectivity index (χ4n) is 1.84. The van der Waals surface area contributed by atoms with Crippen molar-refractivity contribution in [3.63, 3.8) is 0 Å². The van der Waals surface area contributed by atoms with Crippen LogP contribution >= 0.6 is 0 Å². The molecule has 0 aromatic rings. The molecule has 0 bridgehead atoms. The second-order valence-electron chi connectivity index (χ2n) is 4.26. The topological polar surface area (TPSA) is 83.5 Å². The molecule has 1 atom stereocenters. The Morgan fingerprint density at radius 2 is 2.06 bits per heavy atom. The second-order valence-corrected chi connectivity index (χ2v) is 6.49. The minimum Gasteiger partial charge on any atom is -0.481 e. The molecule has 94 valence electrons. The summed E-state index contributed by atoms with van der Waals surface area (Å²) in [6, 6.07) is 0.101. The van der Waals surface area contributed by atoms with Crippen molar-refractivity contribution in [3.05, 3.63) is 0 Å². The lowest BCUT2D eigenvalue weighted by Gasteiger charge is -2.09. The van der Waals surface area contributed by atoms with Crippen LogP contribution in [-0.2, 0) is 14.6 Å². The van der Waals surface area contributed by atoms with Crippen molar-refractivity contribution < 1.29 is 18.3 Å². The highest BCUT2D eigenvalue weighted by Crippen LogP contribution is 2.11. The van der Waals surface area contributed by atoms with Crippen LogP contribution in [0.3, 0.4) is 0 Å². The summed E-state index contributed by atoms with van der Waals surface area (Å²) >= 11 is 0. The number of sulfone groups is 1. The van der Waals surface area contributed by atoms with Crippen LogP contribution in [0.4, 0.5) is 0 Å². The van der Waals surface area contributed by atoms with Crippen molar-refractivity contribution >= 4 is 15.8 Å². The van der Waals surface area contributed by atoms with Crippen LogP contribution < -0.4 is 5.32 Å². The van der Waals surface area contributed by atoms with Gasteiger partial charge in [-0.15, -0.1) is 0 Å². The number of hydrogen-bond acceptors (Lipinski definition) is 4. The van der Waals surface area contributed by atoms with Gasteiger partial charge in [0.2, 0.25) is 0 Å². The first kappa shape index (κ1) is 13.4. The Kier molecular flexibility index (Phi) is 5.21. The van der Waals surface area contributed by atoms with E-state index in [1.165, 1.54) is 0 Å². The summed E-state index contributed by atoms with van der Waals surface area (Å²) in [4.78, 5) is 10.2. The molecule has 0 aromatic carbocycles. The van der Waals surface area contributed by atoms with Gasteiger partial charge in [0.25, 0.3) is 0 Å². The van der Waals surface area contributed by atoms with Crippen molar-refractivity contribution in [2.24, 2.45) is 0 Å². The normalized spacial score (nSPS) is 23.4. The standard InChI is InChI=1S/C10H19NO4S/c12-10(13)4-2-1-3-6-11-9-5-7-16(14,15)8-9/h9,11H,1-8H2,(H,12,13). The van der Waals surface area contributed by atoms with E-state index >= 15 is 0 Å². The lowest BCUT2D eigenvalue weighted by atomic mass is 10.2. The van der Waals surface area contributed by atoms with Crippen LogP contribution in [0.25, 0.3) is 0 Å². The molecule has 1 aliphatic rings. The average Bonchev–Trinajstić information content (AvgIpc) is 2.51. The number of rotatable bonds is 7. The quantitative estimate of drug-likeness (QED) is 0.638. The number of carboxylic acid groups (broad SMARTS) is 1. The van der Waals surface area contributed by atoms with Gasteiger partial charge >= 0.3 is 5.97 Å². The molecule has 0 spiro atoms. The Labute approximate surface area is 96.1 Å². The smallest absolute Gasteiger partial charge is 0.303 e. The summed E-state index contributed by atoms with van der Waals surface area (Å²) in [5.74, 6) is -0.207. The molecule has 1 heterocycles. The molecule has 2 N–H and O–H groups in total. The van der Waals surface area contributed by atoms with Crippen molar-refractivity contribution in [2.75, 3.05) is 18.1 Å². The summed E-state index contributed by atoms with van der Waals surface area (Å²) < 4.78 is 22.3. The number of nitrogens with one attached hydrogen (secondary N) is 1. The van der Waals surface area contributed by atoms with E-state index in [1.54, 1.807) is 0 Å². The number of aliphatic carboxylic acids is 1. The number of unbranched alkanes of at least 4 members (excludes halogenated alkanes) is 2. The molecule has 0 amide bonds. The van der Waals surface area contributed by atoms with E-state index in [0.717, 1.165) is 19.4 Å². The highest BCUT2D eigenvalue weighted by molar-refractivity contribution is 7.91. The summed E-state index contributed by atoms with van der Waals surface area (Å²) in [7, 11) is -2.79. The van der Waals surface area contributed by atoms with Crippen LogP contribution in [0, 0.1) is 0 Å². The molecule has 0 aliphatic carbocycles. The van der Waals surface area contributed by atoms with Gasteiger partial charge in [-0.3, -0.25) is 4.79 Å². The van der Waals surface area contributed by atoms with E-state index in [0.29, 0.717) is 18.6 Å². The Hall–Kier alpha value is -0.620. The Balaban J connectivity index is 1.98. The van der Waals surface area contributed by atoms with Gasteiger partial charge in [-0.25, -0.2) is 8.42 Å². The first-order chi connectivity index (χ1) is 7.49. The van der Waals surface area contributed by atoms with Crippen LogP contribution in [-0.4, -0.2) is 43.6 Å². The first-order valence-electron chi connectivity index (χ1n) is 5.65. The summed E-state index contributed by atoms with van der Waals surface area (Å²) in [6.45, 7) is 0.778. The van der Waals surface area contributed by atoms with E-state index < -0.39 is 15.8 Å². The number of hydrogen-bond donors (Lipinski definition) is 2. The maximum absolute atomic E-state index is 11.1. The molecule has 0 saturated carbocycles. The number of carbonyl (C=O) groups is 1. The Morgan fingerprint density at radius 1 is 1.31 bits per heavy atom. The molecule has 1 aliphatic heterocycles. The third kappa shape index (κ3) is 5.46. The molecule has 1 fully saturated rings. The second kappa shape index (κ2) is 6.20. The van der Waals surface area contributed by atoms with Crippen molar-refractivity contribution in [2.45, 2.75) is 38.1 Å². The lowest BCUT2D eigenvalue weighted by molar-refractivity contribution is -0.137. The van der Waals surface area contributed by atoms with E-state index in [2.05, 4.69) is 5.32 Å². The third-order valence-corrected chi connectivity index (χ3v) is 4.50. The largest absolute Gasteiger partial charge is 0.481 e. The molecule has 6 heteroatoms. The molecule has 1 saturated heterocycles. The molecule has 0 radical (unpaired) electrons. The van der Waals surface area contributed by atoms with Crippen molar-refractivity contribution in [1.29, 1.82) is 0 Å². The van der Waals surface area contributed by atoms with Gasteiger partial charge in [0.05, 0.1) is 11.5 Å². The van der Waals surface area contributed by atoms with E-state index in [1.807, 2.05) is 0 Å². The van der Waals surface area contributed by atoms with Crippen LogP contribution in [0.2, 0.25) is 0 Å². The van der Waals surface area contributed by atoms with E-state index in [-0.39, 0.29) is 18.2 Å². The SMILES string of the molecule is O=C(O)CCCCCNC1CCS(=O)(=O)C1. The zero-order chi connectivity index (χ0) is 12.0. The van der Waals surface area contributed by atoms with E-state index in [4.69, 9.17) is 5.11 Å². The molecule has 0 aromatic heterocycles. The van der Waals surface area contributed by atoms with Crippen LogP contribution in [0.1, 0.15) is 32.1 Å². The predicted octanol–water partition coefficient (Wildman–Crippen LogP) is 0.408. The van der Waals surface area contributed by atoms with Gasteiger partial charge in [0.1, 0.15) is 0 Å². The van der Waals surface area contributed by atoms with Gasteiger partial charge in [-0.1, -0.05) is 6.42 Å². The Morgan fingerprint density at radius 3 is 2.62 bits per heavy atom. The summed E-state index contributed by atoms with van der Waals surface area (Å²) in [6.07, 6.45) is 3.40. The molecule has 5 nitrogen and oxygen atoms in total. The van der Waals surface area contributed by atoms with Gasteiger partial charge < -0.3 is 10.4 Å². The highest BCUT2D eigenvalue weighted by Gasteiger charge is 2.26. The minimum atomic E-state index is -2.79. The van der Waals surface area contributed by atoms with Gasteiger partial charge in [0.15, 0.2) is 9.84 Å². The van der Waals surface area contributed by atoms with Crippen LogP contribution in [0.5, 0.6) is 0 Å². The van der Waals surface area contributed by atoms with Gasteiger partial charge in [0, 0.05) is 12.5 Å². The fraction of sp³-hybridized carbons (Fsp3) is 0.900. The maximum Gasteiger partial charge on any atom is 0.303 e. The first-order valence-corrected chi connectivity index (χ1v) is 7.47. The monoisotopic (exact) mass is 249 g/mol. The molecule has 1 unspecified atom stereocenters. The summed E-state index contributed by atoms with van der Waals surface area (Å²) in [5, 5.41) is 11.6. The highest BCUT2D eigenvalue weighted by atomic mass is 32.2. The van der Waals surface area contributed by atoms with Gasteiger partial charge in [-0.05, 0) is 25.8 Å². The Bertz CT molecular complexity index is 326. The predicted molar refractivity (Wildman–Crippen MR) is 61.2 cm³/mol. The molecule has 1 rings (SSSR count). The molecular weight excluding hydrogens is 230 g/mol. The van der Waals surface area contributed by atoms with Crippen molar-refractivity contribution in [3.8, 4) is 0 Å². The van der Waals surface area contributed by atoms with Crippen molar-refractivity contribution in [1.82, 2.24) is 5.32 Å². The molecular formula is C10H19NO4S. The zero-order valence-electron chi connectivity index (χ0n) is 9.31. The van der Waals surface area contributed by atoms with Gasteiger partial charge in [-0.2, -0.15) is 0 Å². The van der Waals surface area contributed by atoms with E-state index in [9.17, 15) is 13.2 Å². The number of carboxylic acids is 1. The zero-order valence-corrected chi connectivity index (χ0v) is 10.1. The summed E-state index contributed by atoms with van der Waals surface area (Å²) in [5.41, 5.74) is 0. The minimum absolute atomic E-state index is 0.101. The fourth-order valence-corrected chi connectivity index (χ4v) is 3.55. The lowest BCUT2D eigenvalue weighted by Crippen LogP contribution is -2.30. The molecule has 16 heavy (non-hydrogen) atoms. The maximum atomic E-state index is 11.1. The van der Waals surface area contributed by atoms with Crippen LogP contribution in [0.15, 0.2) is 0 Å². The average molecular weight is 249 g/mol.